The summed E-state index contributed by atoms with van der Waals surface area (Å²) in [7, 11) is 0. The number of carboxylic acids is 1. The number of rotatable bonds is 1. The third-order valence-corrected chi connectivity index (χ3v) is 2.14. The van der Waals surface area contributed by atoms with Crippen LogP contribution in [-0.4, -0.2) is 27.9 Å². The molecule has 0 amide bonds. The van der Waals surface area contributed by atoms with Gasteiger partial charge in [0.1, 0.15) is 0 Å². The van der Waals surface area contributed by atoms with E-state index in [-0.39, 0.29) is 0 Å². The Balaban J connectivity index is 3.19. The third kappa shape index (κ3) is 2.28. The third-order valence-electron chi connectivity index (χ3n) is 1.19. The van der Waals surface area contributed by atoms with Crippen LogP contribution >= 0.6 is 12.6 Å². The molecule has 2 nitrogen and oxygen atoms in total. The second-order valence-electron chi connectivity index (χ2n) is 2.12. The summed E-state index contributed by atoms with van der Waals surface area (Å²) in [4.78, 5) is 11.2. The molecule has 0 aliphatic rings. The molecule has 0 aromatic heterocycles. The standard InChI is InChI=1S/C7H7AsO2S/c8-5-1-4(7(9)10)2-6(11)3-5/h1-3,11H,8H2,(H,9,10). The number of hydrogen-bond donors (Lipinski definition) is 2. The Morgan fingerprint density at radius 3 is 2.55 bits per heavy atom. The molecule has 4 heteroatoms. The Hall–Kier alpha value is -0.402. The van der Waals surface area contributed by atoms with Gasteiger partial charge in [-0.25, -0.2) is 0 Å². The van der Waals surface area contributed by atoms with E-state index < -0.39 is 5.97 Å². The van der Waals surface area contributed by atoms with E-state index in [1.807, 2.05) is 6.07 Å². The van der Waals surface area contributed by atoms with E-state index in [1.165, 1.54) is 22.9 Å². The van der Waals surface area contributed by atoms with Crippen LogP contribution in [0.1, 0.15) is 10.4 Å². The van der Waals surface area contributed by atoms with Crippen LogP contribution in [0.4, 0.5) is 0 Å². The first-order chi connectivity index (χ1) is 5.09. The minimum atomic E-state index is -0.903. The van der Waals surface area contributed by atoms with Crippen molar-refractivity contribution in [1.82, 2.24) is 0 Å². The Bertz CT molecular complexity index is 278. The molecule has 1 N–H and O–H groups in total. The normalized spacial score (nSPS) is 9.64. The fourth-order valence-corrected chi connectivity index (χ4v) is 2.09. The summed E-state index contributed by atoms with van der Waals surface area (Å²) in [6, 6.07) is 5.02. The zero-order valence-corrected chi connectivity index (χ0v) is 8.93. The fourth-order valence-electron chi connectivity index (χ4n) is 0.758. The van der Waals surface area contributed by atoms with Gasteiger partial charge < -0.3 is 0 Å². The van der Waals surface area contributed by atoms with Gasteiger partial charge in [-0.05, 0) is 0 Å². The molecule has 0 aliphatic heterocycles. The quantitative estimate of drug-likeness (QED) is 0.523. The molecule has 1 unspecified atom stereocenters. The Morgan fingerprint density at radius 1 is 1.45 bits per heavy atom. The maximum atomic E-state index is 10.5. The average molecular weight is 230 g/mol. The SMILES string of the molecule is O=C(O)c1cc(S)cc([AsH2])c1. The molecule has 0 spiro atoms. The van der Waals surface area contributed by atoms with Crippen molar-refractivity contribution in [2.24, 2.45) is 0 Å². The minimum absolute atomic E-state index is 0.303. The molecule has 58 valence electrons. The van der Waals surface area contributed by atoms with Crippen LogP contribution < -0.4 is 4.35 Å². The van der Waals surface area contributed by atoms with E-state index in [0.29, 0.717) is 10.5 Å². The summed E-state index contributed by atoms with van der Waals surface area (Å²) < 4.78 is 0.974. The van der Waals surface area contributed by atoms with Crippen molar-refractivity contribution in [2.75, 3.05) is 0 Å². The van der Waals surface area contributed by atoms with Crippen LogP contribution in [0.2, 0.25) is 0 Å². The monoisotopic (exact) mass is 230 g/mol. The van der Waals surface area contributed by atoms with Gasteiger partial charge in [-0.3, -0.25) is 0 Å². The predicted octanol–water partition coefficient (Wildman–Crippen LogP) is -0.0681. The van der Waals surface area contributed by atoms with Gasteiger partial charge in [0, 0.05) is 0 Å². The van der Waals surface area contributed by atoms with Crippen LogP contribution in [0, 0.1) is 0 Å². The number of thiol groups is 1. The van der Waals surface area contributed by atoms with Crippen molar-refractivity contribution < 1.29 is 9.90 Å². The van der Waals surface area contributed by atoms with Gasteiger partial charge >= 0.3 is 78.4 Å². The molecule has 0 saturated carbocycles. The van der Waals surface area contributed by atoms with Crippen molar-refractivity contribution in [3.05, 3.63) is 23.8 Å². The zero-order valence-electron chi connectivity index (χ0n) is 5.61. The van der Waals surface area contributed by atoms with Crippen molar-refractivity contribution >= 4 is 39.8 Å². The van der Waals surface area contributed by atoms with Crippen LogP contribution in [0.15, 0.2) is 23.1 Å². The van der Waals surface area contributed by atoms with E-state index in [2.05, 4.69) is 12.6 Å². The second-order valence-corrected chi connectivity index (χ2v) is 4.03. The summed E-state index contributed by atoms with van der Waals surface area (Å²) in [5.74, 6) is -0.903. The van der Waals surface area contributed by atoms with Crippen LogP contribution in [0.3, 0.4) is 0 Å². The maximum absolute atomic E-state index is 10.5. The summed E-state index contributed by atoms with van der Waals surface area (Å²) in [6.45, 7) is 0. The summed E-state index contributed by atoms with van der Waals surface area (Å²) in [5.41, 5.74) is 0.303. The van der Waals surface area contributed by atoms with E-state index >= 15 is 0 Å². The van der Waals surface area contributed by atoms with Crippen molar-refractivity contribution in [3.8, 4) is 0 Å². The first-order valence-corrected chi connectivity index (χ1v) is 4.58. The van der Waals surface area contributed by atoms with E-state index in [4.69, 9.17) is 5.11 Å². The van der Waals surface area contributed by atoms with Crippen LogP contribution in [0.25, 0.3) is 0 Å². The molecule has 0 saturated heterocycles. The topological polar surface area (TPSA) is 37.3 Å². The van der Waals surface area contributed by atoms with E-state index in [1.54, 1.807) is 6.07 Å². The Kier molecular flexibility index (Phi) is 2.63. The van der Waals surface area contributed by atoms with E-state index in [0.717, 1.165) is 4.35 Å². The Morgan fingerprint density at radius 2 is 2.09 bits per heavy atom. The van der Waals surface area contributed by atoms with Crippen LogP contribution in [-0.2, 0) is 0 Å². The molecule has 11 heavy (non-hydrogen) atoms. The number of aromatic carboxylic acids is 1. The van der Waals surface area contributed by atoms with Gasteiger partial charge in [0.15, 0.2) is 0 Å². The molecule has 1 aromatic rings. The van der Waals surface area contributed by atoms with Crippen molar-refractivity contribution in [2.45, 2.75) is 4.90 Å². The molecule has 0 aliphatic carbocycles. The van der Waals surface area contributed by atoms with Gasteiger partial charge in [0.05, 0.1) is 0 Å². The molecule has 0 fully saturated rings. The van der Waals surface area contributed by atoms with Crippen molar-refractivity contribution in [3.63, 3.8) is 0 Å². The fraction of sp³-hybridized carbons (Fsp3) is 0. The van der Waals surface area contributed by atoms with Gasteiger partial charge in [-0.15, -0.1) is 0 Å². The molecule has 1 aromatic carbocycles. The number of hydrogen-bond acceptors (Lipinski definition) is 2. The molecular weight excluding hydrogens is 223 g/mol. The number of benzene rings is 1. The molecular formula is C7H7AsO2S. The molecule has 1 atom stereocenters. The van der Waals surface area contributed by atoms with Gasteiger partial charge in [0.25, 0.3) is 0 Å². The second kappa shape index (κ2) is 3.33. The van der Waals surface area contributed by atoms with E-state index in [9.17, 15) is 4.79 Å². The Labute approximate surface area is 78.5 Å². The van der Waals surface area contributed by atoms with Gasteiger partial charge in [-0.1, -0.05) is 0 Å². The van der Waals surface area contributed by atoms with Crippen molar-refractivity contribution in [1.29, 1.82) is 0 Å². The number of carbonyl (C=O) groups is 1. The van der Waals surface area contributed by atoms with Crippen LogP contribution in [0.5, 0.6) is 0 Å². The summed E-state index contributed by atoms with van der Waals surface area (Å²) >= 11 is 5.46. The van der Waals surface area contributed by atoms with Gasteiger partial charge in [-0.2, -0.15) is 0 Å². The predicted molar refractivity (Wildman–Crippen MR) is 48.8 cm³/mol. The zero-order chi connectivity index (χ0) is 8.43. The molecule has 0 bridgehead atoms. The molecule has 0 radical (unpaired) electrons. The van der Waals surface area contributed by atoms with Gasteiger partial charge in [0.2, 0.25) is 0 Å². The summed E-state index contributed by atoms with van der Waals surface area (Å²) in [5, 5.41) is 8.61. The molecule has 0 heterocycles. The summed E-state index contributed by atoms with van der Waals surface area (Å²) in [6.07, 6.45) is 0. The first kappa shape index (κ1) is 8.69. The first-order valence-electron chi connectivity index (χ1n) is 2.92. The molecule has 1 rings (SSSR count). The number of carboxylic acid groups (broad SMARTS) is 1. The average Bonchev–Trinajstić information content (AvgIpc) is 1.85.